The van der Waals surface area contributed by atoms with Crippen LogP contribution in [0.2, 0.25) is 0 Å². The third-order valence-corrected chi connectivity index (χ3v) is 2.61. The van der Waals surface area contributed by atoms with Crippen molar-refractivity contribution in [3.8, 4) is 5.75 Å². The first-order chi connectivity index (χ1) is 7.82. The van der Waals surface area contributed by atoms with E-state index in [0.29, 0.717) is 10.0 Å². The first-order valence-corrected chi connectivity index (χ1v) is 5.57. The molecule has 0 saturated carbocycles. The van der Waals surface area contributed by atoms with E-state index >= 15 is 0 Å². The molecule has 1 unspecified atom stereocenters. The second kappa shape index (κ2) is 5.13. The van der Waals surface area contributed by atoms with Gasteiger partial charge in [0, 0.05) is 10.5 Å². The van der Waals surface area contributed by atoms with Gasteiger partial charge in [-0.05, 0) is 25.5 Å². The molecule has 0 amide bonds. The molecule has 0 spiro atoms. The van der Waals surface area contributed by atoms with E-state index < -0.39 is 11.0 Å². The van der Waals surface area contributed by atoms with E-state index in [1.54, 1.807) is 19.9 Å². The molecular weight excluding hydrogens is 290 g/mol. The molecule has 1 atom stereocenters. The van der Waals surface area contributed by atoms with Gasteiger partial charge in [-0.2, -0.15) is 0 Å². The number of rotatable bonds is 4. The molecule has 0 aromatic heterocycles. The molecule has 1 aromatic carbocycles. The summed E-state index contributed by atoms with van der Waals surface area (Å²) in [6.07, 6.45) is -0.700. The number of halogens is 1. The molecule has 0 aliphatic carbocycles. The summed E-state index contributed by atoms with van der Waals surface area (Å²) >= 11 is 3.18. The van der Waals surface area contributed by atoms with Crippen LogP contribution in [0.3, 0.4) is 0 Å². The maximum atomic E-state index is 10.9. The number of aryl methyl sites for hydroxylation is 1. The van der Waals surface area contributed by atoms with Crippen LogP contribution in [-0.2, 0) is 0 Å². The fourth-order valence-electron chi connectivity index (χ4n) is 1.24. The molecule has 1 rings (SSSR count). The zero-order valence-corrected chi connectivity index (χ0v) is 10.9. The SMILES string of the molecule is Cc1cc(Br)cc([N+](=O)[O-])c1OC(C)C(=N)N. The van der Waals surface area contributed by atoms with E-state index in [0.717, 1.165) is 0 Å². The quantitative estimate of drug-likeness (QED) is 0.386. The van der Waals surface area contributed by atoms with Gasteiger partial charge in [0.1, 0.15) is 5.84 Å². The summed E-state index contributed by atoms with van der Waals surface area (Å²) in [5.41, 5.74) is 5.73. The number of nitrogens with two attached hydrogens (primary N) is 1. The Morgan fingerprint density at radius 3 is 2.71 bits per heavy atom. The predicted octanol–water partition coefficient (Wildman–Crippen LogP) is 2.37. The standard InChI is InChI=1S/C10H12BrN3O3/c1-5-3-7(11)4-8(14(15)16)9(5)17-6(2)10(12)13/h3-4,6H,1-2H3,(H3,12,13). The molecular formula is C10H12BrN3O3. The van der Waals surface area contributed by atoms with Crippen molar-refractivity contribution in [1.29, 1.82) is 5.41 Å². The number of nitrogens with one attached hydrogen (secondary N) is 1. The molecule has 0 aliphatic heterocycles. The van der Waals surface area contributed by atoms with Gasteiger partial charge in [0.25, 0.3) is 0 Å². The van der Waals surface area contributed by atoms with E-state index in [-0.39, 0.29) is 17.3 Å². The topological polar surface area (TPSA) is 102 Å². The van der Waals surface area contributed by atoms with Crippen molar-refractivity contribution < 1.29 is 9.66 Å². The monoisotopic (exact) mass is 301 g/mol. The number of hydrogen-bond donors (Lipinski definition) is 2. The molecule has 0 radical (unpaired) electrons. The van der Waals surface area contributed by atoms with Crippen molar-refractivity contribution in [2.45, 2.75) is 20.0 Å². The number of nitrogens with zero attached hydrogens (tertiary/aromatic N) is 1. The van der Waals surface area contributed by atoms with Crippen molar-refractivity contribution in [2.75, 3.05) is 0 Å². The van der Waals surface area contributed by atoms with Crippen LogP contribution in [0.5, 0.6) is 5.75 Å². The normalized spacial score (nSPS) is 11.9. The Morgan fingerprint density at radius 2 is 2.24 bits per heavy atom. The lowest BCUT2D eigenvalue weighted by atomic mass is 10.2. The van der Waals surface area contributed by atoms with Crippen molar-refractivity contribution >= 4 is 27.5 Å². The number of nitro benzene ring substituents is 1. The predicted molar refractivity (Wildman–Crippen MR) is 67.5 cm³/mol. The highest BCUT2D eigenvalue weighted by Gasteiger charge is 2.21. The first-order valence-electron chi connectivity index (χ1n) is 4.78. The smallest absolute Gasteiger partial charge is 0.312 e. The average Bonchev–Trinajstić information content (AvgIpc) is 2.20. The van der Waals surface area contributed by atoms with Gasteiger partial charge in [-0.1, -0.05) is 15.9 Å². The Hall–Kier alpha value is -1.63. The van der Waals surface area contributed by atoms with Crippen molar-refractivity contribution in [3.63, 3.8) is 0 Å². The fourth-order valence-corrected chi connectivity index (χ4v) is 1.80. The number of ether oxygens (including phenoxy) is 1. The Kier molecular flexibility index (Phi) is 4.06. The molecule has 0 saturated heterocycles. The van der Waals surface area contributed by atoms with Gasteiger partial charge in [-0.3, -0.25) is 15.5 Å². The summed E-state index contributed by atoms with van der Waals surface area (Å²) in [6, 6.07) is 3.06. The van der Waals surface area contributed by atoms with Gasteiger partial charge in [-0.15, -0.1) is 0 Å². The summed E-state index contributed by atoms with van der Waals surface area (Å²) in [7, 11) is 0. The highest BCUT2D eigenvalue weighted by Crippen LogP contribution is 2.34. The van der Waals surface area contributed by atoms with Crippen LogP contribution in [0, 0.1) is 22.4 Å². The summed E-state index contributed by atoms with van der Waals surface area (Å²) in [5.74, 6) is -0.0393. The van der Waals surface area contributed by atoms with Crippen molar-refractivity contribution in [2.24, 2.45) is 5.73 Å². The van der Waals surface area contributed by atoms with Crippen LogP contribution < -0.4 is 10.5 Å². The van der Waals surface area contributed by atoms with Crippen LogP contribution in [0.4, 0.5) is 5.69 Å². The van der Waals surface area contributed by atoms with Gasteiger partial charge in [0.15, 0.2) is 6.10 Å². The van der Waals surface area contributed by atoms with Gasteiger partial charge >= 0.3 is 5.69 Å². The molecule has 0 fully saturated rings. The van der Waals surface area contributed by atoms with E-state index in [4.69, 9.17) is 15.9 Å². The summed E-state index contributed by atoms with van der Waals surface area (Å²) in [5, 5.41) is 18.1. The molecule has 0 heterocycles. The Balaban J connectivity index is 3.21. The summed E-state index contributed by atoms with van der Waals surface area (Å²) < 4.78 is 5.94. The molecule has 0 aliphatic rings. The minimum atomic E-state index is -0.700. The average molecular weight is 302 g/mol. The second-order valence-electron chi connectivity index (χ2n) is 3.54. The fraction of sp³-hybridized carbons (Fsp3) is 0.300. The van der Waals surface area contributed by atoms with Crippen molar-refractivity contribution in [3.05, 3.63) is 32.3 Å². The second-order valence-corrected chi connectivity index (χ2v) is 4.46. The number of amidine groups is 1. The zero-order valence-electron chi connectivity index (χ0n) is 9.36. The molecule has 7 heteroatoms. The number of hydrogen-bond acceptors (Lipinski definition) is 4. The Bertz CT molecular complexity index is 476. The Morgan fingerprint density at radius 1 is 1.65 bits per heavy atom. The van der Waals surface area contributed by atoms with Crippen molar-refractivity contribution in [1.82, 2.24) is 0 Å². The Labute approximate surface area is 107 Å². The molecule has 92 valence electrons. The van der Waals surface area contributed by atoms with Gasteiger partial charge in [0.2, 0.25) is 5.75 Å². The lowest BCUT2D eigenvalue weighted by molar-refractivity contribution is -0.386. The molecule has 1 aromatic rings. The van der Waals surface area contributed by atoms with E-state index in [1.165, 1.54) is 6.07 Å². The lowest BCUT2D eigenvalue weighted by Crippen LogP contribution is -2.30. The van der Waals surface area contributed by atoms with E-state index in [2.05, 4.69) is 15.9 Å². The summed E-state index contributed by atoms with van der Waals surface area (Å²) in [4.78, 5) is 10.4. The third-order valence-electron chi connectivity index (χ3n) is 2.15. The van der Waals surface area contributed by atoms with Crippen LogP contribution in [0.1, 0.15) is 12.5 Å². The maximum Gasteiger partial charge on any atom is 0.312 e. The molecule has 0 bridgehead atoms. The van der Waals surface area contributed by atoms with Gasteiger partial charge in [0.05, 0.1) is 4.92 Å². The minimum absolute atomic E-state index is 0.140. The van der Waals surface area contributed by atoms with E-state index in [9.17, 15) is 10.1 Å². The number of nitro groups is 1. The minimum Gasteiger partial charge on any atom is -0.476 e. The highest BCUT2D eigenvalue weighted by atomic mass is 79.9. The lowest BCUT2D eigenvalue weighted by Gasteiger charge is -2.15. The summed E-state index contributed by atoms with van der Waals surface area (Å²) in [6.45, 7) is 3.26. The van der Waals surface area contributed by atoms with Crippen LogP contribution in [-0.4, -0.2) is 16.9 Å². The third kappa shape index (κ3) is 3.16. The van der Waals surface area contributed by atoms with Gasteiger partial charge < -0.3 is 10.5 Å². The van der Waals surface area contributed by atoms with Crippen LogP contribution in [0.25, 0.3) is 0 Å². The zero-order chi connectivity index (χ0) is 13.2. The van der Waals surface area contributed by atoms with Crippen LogP contribution >= 0.6 is 15.9 Å². The maximum absolute atomic E-state index is 10.9. The largest absolute Gasteiger partial charge is 0.476 e. The van der Waals surface area contributed by atoms with Gasteiger partial charge in [-0.25, -0.2) is 0 Å². The molecule has 3 N–H and O–H groups in total. The number of benzene rings is 1. The van der Waals surface area contributed by atoms with Crippen LogP contribution in [0.15, 0.2) is 16.6 Å². The molecule has 17 heavy (non-hydrogen) atoms. The first kappa shape index (κ1) is 13.4. The molecule has 6 nitrogen and oxygen atoms in total. The highest BCUT2D eigenvalue weighted by molar-refractivity contribution is 9.10. The van der Waals surface area contributed by atoms with E-state index in [1.807, 2.05) is 0 Å².